The quantitative estimate of drug-likeness (QED) is 0.615. The van der Waals surface area contributed by atoms with Crippen LogP contribution in [0.4, 0.5) is 0 Å². The van der Waals surface area contributed by atoms with Crippen LogP contribution >= 0.6 is 20.4 Å². The normalized spacial score (nSPS) is 17.3. The minimum atomic E-state index is 0.569. The minimum absolute atomic E-state index is 0.569. The zero-order valence-corrected chi connectivity index (χ0v) is 11.9. The third-order valence-corrected chi connectivity index (χ3v) is 1.70. The first kappa shape index (κ1) is 16.8. The van der Waals surface area contributed by atoms with Crippen molar-refractivity contribution < 1.29 is 12.7 Å². The van der Waals surface area contributed by atoms with Gasteiger partial charge in [0.2, 0.25) is 0 Å². The van der Waals surface area contributed by atoms with Crippen molar-refractivity contribution in [2.45, 2.75) is 12.8 Å². The van der Waals surface area contributed by atoms with Crippen LogP contribution in [0.25, 0.3) is 0 Å². The van der Waals surface area contributed by atoms with Gasteiger partial charge in [0.1, 0.15) is 0 Å². The zero-order chi connectivity index (χ0) is 12.6. The second-order valence-electron chi connectivity index (χ2n) is 2.97. The molecule has 17 heavy (non-hydrogen) atoms. The third kappa shape index (κ3) is 15.8. The van der Waals surface area contributed by atoms with Gasteiger partial charge >= 0.3 is 33.0 Å². The summed E-state index contributed by atoms with van der Waals surface area (Å²) < 4.78 is 0. The van der Waals surface area contributed by atoms with Crippen LogP contribution < -0.4 is 0 Å². The Balaban J connectivity index is 0.000000770. The number of nitrogens with zero attached hydrogens (tertiary/aromatic N) is 4. The van der Waals surface area contributed by atoms with Crippen molar-refractivity contribution >= 4 is 45.2 Å². The first-order chi connectivity index (χ1) is 8.41. The van der Waals surface area contributed by atoms with Gasteiger partial charge < -0.3 is 0 Å². The Morgan fingerprint density at radius 2 is 0.882 bits per heavy atom. The average molecular weight is 322 g/mol. The van der Waals surface area contributed by atoms with Crippen LogP contribution in [0.15, 0.2) is 20.0 Å². The van der Waals surface area contributed by atoms with Gasteiger partial charge in [-0.2, -0.15) is 0 Å². The van der Waals surface area contributed by atoms with E-state index in [-0.39, 0.29) is 0 Å². The number of aliphatic imine (C=N–C) groups is 4. The summed E-state index contributed by atoms with van der Waals surface area (Å²) >= 11 is 0.569. The number of hydrogen-bond donors (Lipinski definition) is 0. The molecule has 0 aliphatic carbocycles. The van der Waals surface area contributed by atoms with Gasteiger partial charge in [0.25, 0.3) is 0 Å². The van der Waals surface area contributed by atoms with Crippen LogP contribution in [0.2, 0.25) is 0 Å². The first-order valence-corrected chi connectivity index (χ1v) is 7.92. The first-order valence-electron chi connectivity index (χ1n) is 5.20. The van der Waals surface area contributed by atoms with Gasteiger partial charge in [0, 0.05) is 51.0 Å². The average Bonchev–Trinajstić information content (AvgIpc) is 2.33. The summed E-state index contributed by atoms with van der Waals surface area (Å²) in [6.45, 7) is 3.28. The maximum absolute atomic E-state index is 4.70. The Hall–Kier alpha value is -0.246. The Kier molecular flexibility index (Phi) is 15.5. The SMILES string of the molecule is C1=NCCCN=CC=NCCCN=C1.[Cl][Ni][Cl]. The van der Waals surface area contributed by atoms with Crippen molar-refractivity contribution in [2.75, 3.05) is 26.2 Å². The molecule has 0 fully saturated rings. The standard InChI is InChI=1S/C10H16N4.2ClH.Ni/c1-3-11-7-9-13-5-2-6-14-10-8-12-4-1;;;/h7-10H,1-6H2;2*1H;/q;;;+2/p-2. The van der Waals surface area contributed by atoms with Crippen LogP contribution in [-0.2, 0) is 12.7 Å². The zero-order valence-electron chi connectivity index (χ0n) is 9.41. The summed E-state index contributed by atoms with van der Waals surface area (Å²) in [5.74, 6) is 0. The molecule has 0 aromatic rings. The van der Waals surface area contributed by atoms with Gasteiger partial charge in [-0.05, 0) is 12.8 Å². The van der Waals surface area contributed by atoms with Crippen molar-refractivity contribution in [2.24, 2.45) is 20.0 Å². The third-order valence-electron chi connectivity index (χ3n) is 1.70. The molecule has 0 aromatic heterocycles. The van der Waals surface area contributed by atoms with E-state index in [1.54, 1.807) is 24.9 Å². The molecule has 0 spiro atoms. The summed E-state index contributed by atoms with van der Waals surface area (Å²) in [6.07, 6.45) is 9.01. The van der Waals surface area contributed by atoms with E-state index in [9.17, 15) is 0 Å². The van der Waals surface area contributed by atoms with Gasteiger partial charge in [0.15, 0.2) is 0 Å². The molecular formula is C10H16Cl2N4Ni. The number of hydrogen-bond acceptors (Lipinski definition) is 4. The van der Waals surface area contributed by atoms with E-state index in [0.29, 0.717) is 12.7 Å². The van der Waals surface area contributed by atoms with Crippen LogP contribution in [0, 0.1) is 0 Å². The van der Waals surface area contributed by atoms with E-state index in [1.165, 1.54) is 0 Å². The molecular weight excluding hydrogens is 306 g/mol. The monoisotopic (exact) mass is 320 g/mol. The molecule has 0 radical (unpaired) electrons. The Labute approximate surface area is 117 Å². The summed E-state index contributed by atoms with van der Waals surface area (Å²) in [4.78, 5) is 16.7. The Morgan fingerprint density at radius 1 is 0.647 bits per heavy atom. The van der Waals surface area contributed by atoms with Crippen molar-refractivity contribution in [1.82, 2.24) is 0 Å². The fraction of sp³-hybridized carbons (Fsp3) is 0.600. The fourth-order valence-electron chi connectivity index (χ4n) is 0.993. The Bertz CT molecular complexity index is 217. The van der Waals surface area contributed by atoms with Gasteiger partial charge in [-0.25, -0.2) is 0 Å². The Morgan fingerprint density at radius 3 is 1.12 bits per heavy atom. The summed E-state index contributed by atoms with van der Waals surface area (Å²) in [5, 5.41) is 0. The molecule has 4 nitrogen and oxygen atoms in total. The molecule has 0 aromatic carbocycles. The second-order valence-corrected chi connectivity index (χ2v) is 4.60. The van der Waals surface area contributed by atoms with E-state index in [0.717, 1.165) is 39.0 Å². The van der Waals surface area contributed by atoms with E-state index >= 15 is 0 Å². The fourth-order valence-corrected chi connectivity index (χ4v) is 0.993. The molecule has 0 saturated heterocycles. The van der Waals surface area contributed by atoms with Crippen molar-refractivity contribution in [1.29, 1.82) is 0 Å². The van der Waals surface area contributed by atoms with Crippen molar-refractivity contribution in [3.05, 3.63) is 0 Å². The van der Waals surface area contributed by atoms with Crippen molar-refractivity contribution in [3.63, 3.8) is 0 Å². The van der Waals surface area contributed by atoms with Gasteiger partial charge in [-0.3, -0.25) is 20.0 Å². The predicted molar refractivity (Wildman–Crippen MR) is 74.4 cm³/mol. The maximum atomic E-state index is 4.70. The molecule has 100 valence electrons. The molecule has 0 unspecified atom stereocenters. The molecule has 7 heteroatoms. The summed E-state index contributed by atoms with van der Waals surface area (Å²) in [5.41, 5.74) is 0. The van der Waals surface area contributed by atoms with Crippen LogP contribution in [0.3, 0.4) is 0 Å². The molecule has 0 atom stereocenters. The molecule has 1 heterocycles. The van der Waals surface area contributed by atoms with E-state index in [2.05, 4.69) is 20.0 Å². The molecule has 1 aliphatic rings. The summed E-state index contributed by atoms with van der Waals surface area (Å²) in [6, 6.07) is 0. The number of rotatable bonds is 0. The molecule has 0 saturated carbocycles. The number of halogens is 2. The predicted octanol–water partition coefficient (Wildman–Crippen LogP) is 2.44. The molecule has 0 amide bonds. The summed E-state index contributed by atoms with van der Waals surface area (Å²) in [7, 11) is 9.40. The van der Waals surface area contributed by atoms with Crippen molar-refractivity contribution in [3.8, 4) is 0 Å². The molecule has 0 N–H and O–H groups in total. The van der Waals surface area contributed by atoms with Gasteiger partial charge in [0.05, 0.1) is 0 Å². The topological polar surface area (TPSA) is 49.4 Å². The van der Waals surface area contributed by atoms with Gasteiger partial charge in [-0.1, -0.05) is 0 Å². The van der Waals surface area contributed by atoms with Crippen LogP contribution in [-0.4, -0.2) is 51.0 Å². The van der Waals surface area contributed by atoms with Gasteiger partial charge in [-0.15, -0.1) is 0 Å². The van der Waals surface area contributed by atoms with E-state index < -0.39 is 0 Å². The molecule has 0 bridgehead atoms. The van der Waals surface area contributed by atoms with E-state index in [1.807, 2.05) is 0 Å². The van der Waals surface area contributed by atoms with Crippen LogP contribution in [0.1, 0.15) is 12.8 Å². The van der Waals surface area contributed by atoms with E-state index in [4.69, 9.17) is 20.4 Å². The second kappa shape index (κ2) is 15.8. The molecule has 1 rings (SSSR count). The van der Waals surface area contributed by atoms with Crippen LogP contribution in [0.5, 0.6) is 0 Å². The molecule has 1 aliphatic heterocycles.